The standard InChI is InChI=1S/C13H17NO3/c1-17-12-5-4-10(11(7-12)9-15)8-14-6-2-3-13(14)16/h4-5,7,15H,2-3,6,8-9H2,1H3. The molecule has 4 nitrogen and oxygen atoms in total. The molecule has 0 atom stereocenters. The van der Waals surface area contributed by atoms with Crippen LogP contribution in [0.1, 0.15) is 24.0 Å². The first-order valence-electron chi connectivity index (χ1n) is 5.79. The third kappa shape index (κ3) is 2.58. The monoisotopic (exact) mass is 235 g/mol. The van der Waals surface area contributed by atoms with Crippen LogP contribution < -0.4 is 4.74 Å². The lowest BCUT2D eigenvalue weighted by Gasteiger charge is -2.18. The van der Waals surface area contributed by atoms with Crippen molar-refractivity contribution in [2.75, 3.05) is 13.7 Å². The van der Waals surface area contributed by atoms with Crippen molar-refractivity contribution in [3.8, 4) is 5.75 Å². The van der Waals surface area contributed by atoms with Crippen LogP contribution in [0.3, 0.4) is 0 Å². The van der Waals surface area contributed by atoms with Crippen LogP contribution in [0.4, 0.5) is 0 Å². The van der Waals surface area contributed by atoms with Crippen molar-refractivity contribution >= 4 is 5.91 Å². The van der Waals surface area contributed by atoms with Crippen LogP contribution in [-0.4, -0.2) is 29.6 Å². The lowest BCUT2D eigenvalue weighted by Crippen LogP contribution is -2.24. The maximum Gasteiger partial charge on any atom is 0.222 e. The van der Waals surface area contributed by atoms with E-state index in [0.717, 1.165) is 29.8 Å². The summed E-state index contributed by atoms with van der Waals surface area (Å²) in [6.45, 7) is 1.36. The van der Waals surface area contributed by atoms with Crippen molar-refractivity contribution in [3.05, 3.63) is 29.3 Å². The fourth-order valence-corrected chi connectivity index (χ4v) is 2.11. The van der Waals surface area contributed by atoms with E-state index in [4.69, 9.17) is 4.74 Å². The zero-order valence-electron chi connectivity index (χ0n) is 9.98. The van der Waals surface area contributed by atoms with Gasteiger partial charge < -0.3 is 14.7 Å². The number of carbonyl (C=O) groups is 1. The molecule has 2 rings (SSSR count). The fraction of sp³-hybridized carbons (Fsp3) is 0.462. The van der Waals surface area contributed by atoms with Crippen LogP contribution in [0.15, 0.2) is 18.2 Å². The molecule has 0 bridgehead atoms. The third-order valence-electron chi connectivity index (χ3n) is 3.12. The van der Waals surface area contributed by atoms with E-state index >= 15 is 0 Å². The summed E-state index contributed by atoms with van der Waals surface area (Å²) in [4.78, 5) is 13.4. The molecule has 1 aromatic carbocycles. The van der Waals surface area contributed by atoms with Crippen LogP contribution in [0.25, 0.3) is 0 Å². The molecule has 1 fully saturated rings. The van der Waals surface area contributed by atoms with E-state index in [1.165, 1.54) is 0 Å². The molecule has 1 heterocycles. The minimum Gasteiger partial charge on any atom is -0.497 e. The number of rotatable bonds is 4. The molecule has 1 aromatic rings. The van der Waals surface area contributed by atoms with Crippen LogP contribution in [0, 0.1) is 0 Å². The Bertz CT molecular complexity index is 417. The number of carbonyl (C=O) groups excluding carboxylic acids is 1. The van der Waals surface area contributed by atoms with Gasteiger partial charge in [-0.05, 0) is 29.7 Å². The predicted octanol–water partition coefficient (Wildman–Crippen LogP) is 1.31. The van der Waals surface area contributed by atoms with Crippen molar-refractivity contribution in [2.45, 2.75) is 26.0 Å². The number of hydrogen-bond donors (Lipinski definition) is 1. The normalized spacial score (nSPS) is 15.4. The van der Waals surface area contributed by atoms with Crippen LogP contribution >= 0.6 is 0 Å². The molecule has 17 heavy (non-hydrogen) atoms. The minimum atomic E-state index is -0.0332. The Labute approximate surface area is 101 Å². The predicted molar refractivity (Wildman–Crippen MR) is 63.6 cm³/mol. The number of likely N-dealkylation sites (tertiary alicyclic amines) is 1. The molecule has 1 saturated heterocycles. The smallest absolute Gasteiger partial charge is 0.222 e. The number of methoxy groups -OCH3 is 1. The Morgan fingerprint density at radius 2 is 2.24 bits per heavy atom. The Kier molecular flexibility index (Phi) is 3.64. The van der Waals surface area contributed by atoms with E-state index in [-0.39, 0.29) is 12.5 Å². The Balaban J connectivity index is 2.17. The van der Waals surface area contributed by atoms with Crippen LogP contribution in [-0.2, 0) is 17.9 Å². The second-order valence-corrected chi connectivity index (χ2v) is 4.21. The summed E-state index contributed by atoms with van der Waals surface area (Å²) in [5.74, 6) is 0.926. The van der Waals surface area contributed by atoms with Gasteiger partial charge in [-0.15, -0.1) is 0 Å². The van der Waals surface area contributed by atoms with Crippen LogP contribution in [0.2, 0.25) is 0 Å². The number of amides is 1. The maximum absolute atomic E-state index is 11.5. The van der Waals surface area contributed by atoms with Gasteiger partial charge in [0.05, 0.1) is 13.7 Å². The molecule has 1 aliphatic rings. The summed E-state index contributed by atoms with van der Waals surface area (Å²) in [6.07, 6.45) is 1.58. The first kappa shape index (κ1) is 11.9. The summed E-state index contributed by atoms with van der Waals surface area (Å²) in [7, 11) is 1.60. The number of aliphatic hydroxyl groups excluding tert-OH is 1. The topological polar surface area (TPSA) is 49.8 Å². The van der Waals surface area contributed by atoms with Gasteiger partial charge >= 0.3 is 0 Å². The highest BCUT2D eigenvalue weighted by Crippen LogP contribution is 2.21. The van der Waals surface area contributed by atoms with Gasteiger partial charge in [0, 0.05) is 19.5 Å². The Morgan fingerprint density at radius 1 is 1.41 bits per heavy atom. The highest BCUT2D eigenvalue weighted by atomic mass is 16.5. The van der Waals surface area contributed by atoms with Crippen molar-refractivity contribution in [1.82, 2.24) is 4.90 Å². The molecule has 0 saturated carbocycles. The van der Waals surface area contributed by atoms with Gasteiger partial charge in [-0.2, -0.15) is 0 Å². The summed E-state index contributed by atoms with van der Waals surface area (Å²) >= 11 is 0. The van der Waals surface area contributed by atoms with E-state index in [9.17, 15) is 9.90 Å². The number of nitrogens with zero attached hydrogens (tertiary/aromatic N) is 1. The lowest BCUT2D eigenvalue weighted by atomic mass is 10.1. The van der Waals surface area contributed by atoms with E-state index in [1.54, 1.807) is 7.11 Å². The molecule has 0 spiro atoms. The molecule has 1 amide bonds. The molecule has 1 N–H and O–H groups in total. The van der Waals surface area contributed by atoms with E-state index in [1.807, 2.05) is 23.1 Å². The highest BCUT2D eigenvalue weighted by Gasteiger charge is 2.20. The number of benzene rings is 1. The summed E-state index contributed by atoms with van der Waals surface area (Å²) in [5, 5.41) is 9.32. The molecule has 0 aromatic heterocycles. The fourth-order valence-electron chi connectivity index (χ4n) is 2.11. The van der Waals surface area contributed by atoms with Gasteiger partial charge in [-0.25, -0.2) is 0 Å². The minimum absolute atomic E-state index is 0.0332. The maximum atomic E-state index is 11.5. The zero-order valence-corrected chi connectivity index (χ0v) is 9.98. The molecule has 0 radical (unpaired) electrons. The number of aliphatic hydroxyl groups is 1. The third-order valence-corrected chi connectivity index (χ3v) is 3.12. The first-order valence-corrected chi connectivity index (χ1v) is 5.79. The van der Waals surface area contributed by atoms with Gasteiger partial charge in [-0.1, -0.05) is 6.07 Å². The Morgan fingerprint density at radius 3 is 2.82 bits per heavy atom. The molecule has 0 aliphatic carbocycles. The molecule has 1 aliphatic heterocycles. The van der Waals surface area contributed by atoms with Gasteiger partial charge in [0.2, 0.25) is 5.91 Å². The van der Waals surface area contributed by atoms with Gasteiger partial charge in [-0.3, -0.25) is 4.79 Å². The van der Waals surface area contributed by atoms with E-state index in [2.05, 4.69) is 0 Å². The molecule has 4 heteroatoms. The van der Waals surface area contributed by atoms with Crippen molar-refractivity contribution in [3.63, 3.8) is 0 Å². The second kappa shape index (κ2) is 5.19. The van der Waals surface area contributed by atoms with Crippen LogP contribution in [0.5, 0.6) is 5.75 Å². The number of ether oxygens (including phenoxy) is 1. The highest BCUT2D eigenvalue weighted by molar-refractivity contribution is 5.78. The average Bonchev–Trinajstić information content (AvgIpc) is 2.75. The zero-order chi connectivity index (χ0) is 12.3. The largest absolute Gasteiger partial charge is 0.497 e. The molecule has 92 valence electrons. The lowest BCUT2D eigenvalue weighted by molar-refractivity contribution is -0.128. The van der Waals surface area contributed by atoms with Gasteiger partial charge in [0.15, 0.2) is 0 Å². The van der Waals surface area contributed by atoms with Crippen molar-refractivity contribution in [2.24, 2.45) is 0 Å². The van der Waals surface area contributed by atoms with Gasteiger partial charge in [0.1, 0.15) is 5.75 Å². The average molecular weight is 235 g/mol. The summed E-state index contributed by atoms with van der Waals surface area (Å²) < 4.78 is 5.11. The van der Waals surface area contributed by atoms with E-state index < -0.39 is 0 Å². The first-order chi connectivity index (χ1) is 8.24. The van der Waals surface area contributed by atoms with Crippen molar-refractivity contribution < 1.29 is 14.6 Å². The Hall–Kier alpha value is -1.55. The summed E-state index contributed by atoms with van der Waals surface area (Å²) in [5.41, 5.74) is 1.81. The van der Waals surface area contributed by atoms with Gasteiger partial charge in [0.25, 0.3) is 0 Å². The molecular formula is C13H17NO3. The molecule has 0 unspecified atom stereocenters. The SMILES string of the molecule is COc1ccc(CN2CCCC2=O)c(CO)c1. The van der Waals surface area contributed by atoms with Crippen molar-refractivity contribution in [1.29, 1.82) is 0 Å². The van der Waals surface area contributed by atoms with E-state index in [0.29, 0.717) is 13.0 Å². The second-order valence-electron chi connectivity index (χ2n) is 4.21. The molecular weight excluding hydrogens is 218 g/mol. The number of hydrogen-bond acceptors (Lipinski definition) is 3. The summed E-state index contributed by atoms with van der Waals surface area (Å²) in [6, 6.07) is 5.58. The quantitative estimate of drug-likeness (QED) is 0.856.